The van der Waals surface area contributed by atoms with Crippen molar-refractivity contribution in [3.05, 3.63) is 11.6 Å². The SMILES string of the molecule is Cc1nnc(C(O)CN)n1C1CCCCC1. The van der Waals surface area contributed by atoms with E-state index in [0.717, 1.165) is 18.7 Å². The molecular weight excluding hydrogens is 204 g/mol. The maximum absolute atomic E-state index is 9.81. The highest BCUT2D eigenvalue weighted by molar-refractivity contribution is 5.01. The Bertz CT molecular complexity index is 344. The number of nitrogens with two attached hydrogens (primary N) is 1. The predicted octanol–water partition coefficient (Wildman–Crippen LogP) is 1.08. The number of hydrogen-bond acceptors (Lipinski definition) is 4. The molecule has 0 bridgehead atoms. The molecule has 16 heavy (non-hydrogen) atoms. The third-order valence-electron chi connectivity index (χ3n) is 3.35. The molecule has 2 rings (SSSR count). The van der Waals surface area contributed by atoms with E-state index < -0.39 is 6.10 Å². The normalized spacial score (nSPS) is 19.9. The molecule has 0 radical (unpaired) electrons. The first kappa shape index (κ1) is 11.5. The summed E-state index contributed by atoms with van der Waals surface area (Å²) in [6.07, 6.45) is 5.43. The molecule has 1 unspecified atom stereocenters. The van der Waals surface area contributed by atoms with Gasteiger partial charge in [0.15, 0.2) is 5.82 Å². The van der Waals surface area contributed by atoms with Gasteiger partial charge in [-0.15, -0.1) is 10.2 Å². The lowest BCUT2D eigenvalue weighted by atomic mass is 9.95. The van der Waals surface area contributed by atoms with Crippen LogP contribution in [0.3, 0.4) is 0 Å². The molecule has 0 saturated heterocycles. The lowest BCUT2D eigenvalue weighted by Crippen LogP contribution is -2.22. The summed E-state index contributed by atoms with van der Waals surface area (Å²) in [5.74, 6) is 1.52. The Kier molecular flexibility index (Phi) is 3.56. The summed E-state index contributed by atoms with van der Waals surface area (Å²) in [4.78, 5) is 0. The molecule has 1 saturated carbocycles. The summed E-state index contributed by atoms with van der Waals surface area (Å²) in [7, 11) is 0. The van der Waals surface area contributed by atoms with Gasteiger partial charge in [-0.1, -0.05) is 19.3 Å². The van der Waals surface area contributed by atoms with E-state index in [0.29, 0.717) is 11.9 Å². The molecule has 1 aliphatic rings. The van der Waals surface area contributed by atoms with E-state index in [1.54, 1.807) is 0 Å². The smallest absolute Gasteiger partial charge is 0.163 e. The third kappa shape index (κ3) is 2.10. The van der Waals surface area contributed by atoms with Gasteiger partial charge in [-0.25, -0.2) is 0 Å². The molecule has 3 N–H and O–H groups in total. The highest BCUT2D eigenvalue weighted by Crippen LogP contribution is 2.30. The molecule has 1 heterocycles. The quantitative estimate of drug-likeness (QED) is 0.805. The van der Waals surface area contributed by atoms with Crippen LogP contribution in [0.15, 0.2) is 0 Å². The van der Waals surface area contributed by atoms with E-state index >= 15 is 0 Å². The third-order valence-corrected chi connectivity index (χ3v) is 3.35. The van der Waals surface area contributed by atoms with Gasteiger partial charge in [-0.2, -0.15) is 0 Å². The first-order chi connectivity index (χ1) is 7.74. The molecule has 90 valence electrons. The summed E-state index contributed by atoms with van der Waals surface area (Å²) in [6.45, 7) is 2.14. The Morgan fingerprint density at radius 3 is 2.69 bits per heavy atom. The van der Waals surface area contributed by atoms with Gasteiger partial charge in [0.05, 0.1) is 0 Å². The minimum absolute atomic E-state index is 0.199. The van der Waals surface area contributed by atoms with Crippen molar-refractivity contribution in [3.8, 4) is 0 Å². The fraction of sp³-hybridized carbons (Fsp3) is 0.818. The van der Waals surface area contributed by atoms with E-state index in [4.69, 9.17) is 5.73 Å². The molecule has 0 aliphatic heterocycles. The standard InChI is InChI=1S/C11H20N4O/c1-8-13-14-11(10(16)7-12)15(8)9-5-3-2-4-6-9/h9-10,16H,2-7,12H2,1H3. The van der Waals surface area contributed by atoms with Crippen LogP contribution < -0.4 is 5.73 Å². The van der Waals surface area contributed by atoms with Gasteiger partial charge in [0, 0.05) is 12.6 Å². The van der Waals surface area contributed by atoms with E-state index in [1.165, 1.54) is 19.3 Å². The molecule has 0 amide bonds. The lowest BCUT2D eigenvalue weighted by Gasteiger charge is -2.26. The van der Waals surface area contributed by atoms with Crippen molar-refractivity contribution in [2.24, 2.45) is 5.73 Å². The van der Waals surface area contributed by atoms with Crippen LogP contribution in [0.1, 0.15) is 55.9 Å². The van der Waals surface area contributed by atoms with Crippen molar-refractivity contribution in [1.29, 1.82) is 0 Å². The van der Waals surface area contributed by atoms with E-state index in [1.807, 2.05) is 6.92 Å². The van der Waals surface area contributed by atoms with Crippen molar-refractivity contribution in [3.63, 3.8) is 0 Å². The van der Waals surface area contributed by atoms with Gasteiger partial charge in [0.1, 0.15) is 11.9 Å². The molecular formula is C11H20N4O. The van der Waals surface area contributed by atoms with Crippen LogP contribution >= 0.6 is 0 Å². The molecule has 1 aromatic heterocycles. The highest BCUT2D eigenvalue weighted by Gasteiger charge is 2.23. The molecule has 5 heteroatoms. The number of aliphatic hydroxyl groups excluding tert-OH is 1. The van der Waals surface area contributed by atoms with Gasteiger partial charge >= 0.3 is 0 Å². The largest absolute Gasteiger partial charge is 0.384 e. The van der Waals surface area contributed by atoms with Crippen LogP contribution in [-0.2, 0) is 0 Å². The van der Waals surface area contributed by atoms with Crippen LogP contribution in [0, 0.1) is 6.92 Å². The predicted molar refractivity (Wildman–Crippen MR) is 60.9 cm³/mol. The fourth-order valence-corrected chi connectivity index (χ4v) is 2.51. The number of nitrogens with zero attached hydrogens (tertiary/aromatic N) is 3. The molecule has 1 aromatic rings. The van der Waals surface area contributed by atoms with Gasteiger partial charge in [-0.3, -0.25) is 0 Å². The number of aromatic nitrogens is 3. The van der Waals surface area contributed by atoms with Crippen molar-refractivity contribution >= 4 is 0 Å². The number of rotatable bonds is 3. The van der Waals surface area contributed by atoms with Crippen LogP contribution in [0.4, 0.5) is 0 Å². The molecule has 0 aromatic carbocycles. The molecule has 1 fully saturated rings. The summed E-state index contributed by atoms with van der Waals surface area (Å²) < 4.78 is 2.08. The van der Waals surface area contributed by atoms with Crippen LogP contribution in [-0.4, -0.2) is 26.4 Å². The Balaban J connectivity index is 2.26. The van der Waals surface area contributed by atoms with E-state index in [2.05, 4.69) is 14.8 Å². The summed E-state index contributed by atoms with van der Waals surface area (Å²) in [6, 6.07) is 0.444. The zero-order valence-electron chi connectivity index (χ0n) is 9.76. The monoisotopic (exact) mass is 224 g/mol. The second-order valence-electron chi connectivity index (χ2n) is 4.52. The summed E-state index contributed by atoms with van der Waals surface area (Å²) >= 11 is 0. The van der Waals surface area contributed by atoms with Gasteiger partial charge < -0.3 is 15.4 Å². The first-order valence-corrected chi connectivity index (χ1v) is 6.03. The van der Waals surface area contributed by atoms with Crippen LogP contribution in [0.25, 0.3) is 0 Å². The molecule has 5 nitrogen and oxygen atoms in total. The van der Waals surface area contributed by atoms with Gasteiger partial charge in [0.2, 0.25) is 0 Å². The number of aliphatic hydroxyl groups is 1. The highest BCUT2D eigenvalue weighted by atomic mass is 16.3. The molecule has 1 atom stereocenters. The van der Waals surface area contributed by atoms with Crippen molar-refractivity contribution in [1.82, 2.24) is 14.8 Å². The minimum atomic E-state index is -0.692. The zero-order chi connectivity index (χ0) is 11.5. The average Bonchev–Trinajstić information content (AvgIpc) is 2.71. The fourth-order valence-electron chi connectivity index (χ4n) is 2.51. The Hall–Kier alpha value is -0.940. The van der Waals surface area contributed by atoms with Crippen molar-refractivity contribution < 1.29 is 5.11 Å². The minimum Gasteiger partial charge on any atom is -0.384 e. The van der Waals surface area contributed by atoms with Crippen LogP contribution in [0.5, 0.6) is 0 Å². The van der Waals surface area contributed by atoms with E-state index in [-0.39, 0.29) is 6.54 Å². The lowest BCUT2D eigenvalue weighted by molar-refractivity contribution is 0.165. The topological polar surface area (TPSA) is 77.0 Å². The summed E-state index contributed by atoms with van der Waals surface area (Å²) in [5.41, 5.74) is 5.48. The first-order valence-electron chi connectivity index (χ1n) is 6.03. The van der Waals surface area contributed by atoms with Gasteiger partial charge in [-0.05, 0) is 19.8 Å². The van der Waals surface area contributed by atoms with Crippen LogP contribution in [0.2, 0.25) is 0 Å². The average molecular weight is 224 g/mol. The Morgan fingerprint density at radius 1 is 1.38 bits per heavy atom. The van der Waals surface area contributed by atoms with E-state index in [9.17, 15) is 5.11 Å². The van der Waals surface area contributed by atoms with Gasteiger partial charge in [0.25, 0.3) is 0 Å². The maximum Gasteiger partial charge on any atom is 0.163 e. The summed E-state index contributed by atoms with van der Waals surface area (Å²) in [5, 5.41) is 17.9. The second kappa shape index (κ2) is 4.93. The maximum atomic E-state index is 9.81. The zero-order valence-corrected chi connectivity index (χ0v) is 9.76. The number of hydrogen-bond donors (Lipinski definition) is 2. The van der Waals surface area contributed by atoms with Crippen molar-refractivity contribution in [2.75, 3.05) is 6.54 Å². The Labute approximate surface area is 95.7 Å². The molecule has 1 aliphatic carbocycles. The second-order valence-corrected chi connectivity index (χ2v) is 4.52. The Morgan fingerprint density at radius 2 is 2.06 bits per heavy atom. The van der Waals surface area contributed by atoms with Crippen molar-refractivity contribution in [2.45, 2.75) is 51.2 Å². The number of aryl methyl sites for hydroxylation is 1. The molecule has 0 spiro atoms.